The fraction of sp³-hybridized carbons (Fsp3) is 1.00. The largest absolute Gasteiger partial charge is 0.394 e. The lowest BCUT2D eigenvalue weighted by Crippen LogP contribution is -2.41. The van der Waals surface area contributed by atoms with Crippen LogP contribution < -0.4 is 5.73 Å². The first-order valence-corrected chi connectivity index (χ1v) is 5.67. The number of aliphatic hydroxyl groups is 1. The molecule has 3 nitrogen and oxygen atoms in total. The molecule has 0 heterocycles. The van der Waals surface area contributed by atoms with E-state index in [0.29, 0.717) is 0 Å². The molecule has 0 fully saturated rings. The maximum atomic E-state index is 8.98. The van der Waals surface area contributed by atoms with Gasteiger partial charge in [0, 0.05) is 5.54 Å². The Balaban J connectivity index is 3.60. The fourth-order valence-electron chi connectivity index (χ4n) is 1.53. The number of rotatable bonds is 8. The highest BCUT2D eigenvalue weighted by molar-refractivity contribution is 4.77. The summed E-state index contributed by atoms with van der Waals surface area (Å²) >= 11 is 0. The van der Waals surface area contributed by atoms with E-state index in [-0.39, 0.29) is 6.61 Å². The Labute approximate surface area is 88.3 Å². The Morgan fingerprint density at radius 2 is 1.93 bits per heavy atom. The highest BCUT2D eigenvalue weighted by Crippen LogP contribution is 2.08. The summed E-state index contributed by atoms with van der Waals surface area (Å²) in [7, 11) is 0. The number of nitrogens with zero attached hydrogens (tertiary/aromatic N) is 1. The maximum Gasteiger partial charge on any atom is 0.0608 e. The van der Waals surface area contributed by atoms with Crippen molar-refractivity contribution in [2.24, 2.45) is 5.73 Å². The zero-order valence-electron chi connectivity index (χ0n) is 9.92. The van der Waals surface area contributed by atoms with Gasteiger partial charge in [-0.25, -0.2) is 0 Å². The molecule has 0 amide bonds. The molecule has 0 rings (SSSR count). The molecule has 1 atom stereocenters. The van der Waals surface area contributed by atoms with Crippen LogP contribution in [-0.2, 0) is 0 Å². The predicted molar refractivity (Wildman–Crippen MR) is 61.3 cm³/mol. The summed E-state index contributed by atoms with van der Waals surface area (Å²) in [6, 6.07) is 0. The van der Waals surface area contributed by atoms with E-state index >= 15 is 0 Å². The van der Waals surface area contributed by atoms with Crippen molar-refractivity contribution in [1.29, 1.82) is 0 Å². The van der Waals surface area contributed by atoms with E-state index in [4.69, 9.17) is 10.8 Å². The van der Waals surface area contributed by atoms with E-state index in [0.717, 1.165) is 32.5 Å². The average Bonchev–Trinajstić information content (AvgIpc) is 2.16. The molecule has 0 aliphatic rings. The molecule has 0 aromatic carbocycles. The lowest BCUT2D eigenvalue weighted by Gasteiger charge is -2.24. The molecule has 14 heavy (non-hydrogen) atoms. The van der Waals surface area contributed by atoms with Crippen LogP contribution in [0.25, 0.3) is 0 Å². The van der Waals surface area contributed by atoms with Crippen molar-refractivity contribution < 1.29 is 5.11 Å². The smallest absolute Gasteiger partial charge is 0.0608 e. The quantitative estimate of drug-likeness (QED) is 0.622. The van der Waals surface area contributed by atoms with Crippen molar-refractivity contribution in [3.8, 4) is 0 Å². The van der Waals surface area contributed by atoms with Gasteiger partial charge in [0.1, 0.15) is 0 Å². The second-order valence-electron chi connectivity index (χ2n) is 4.35. The highest BCUT2D eigenvalue weighted by atomic mass is 16.3. The number of hydrogen-bond donors (Lipinski definition) is 2. The van der Waals surface area contributed by atoms with E-state index in [2.05, 4.69) is 18.7 Å². The average molecular weight is 202 g/mol. The zero-order chi connectivity index (χ0) is 11.0. The Morgan fingerprint density at radius 1 is 1.29 bits per heavy atom. The van der Waals surface area contributed by atoms with Crippen LogP contribution >= 0.6 is 0 Å². The SMILES string of the molecule is CCCN(CC)CCCC(C)(N)CO. The zero-order valence-corrected chi connectivity index (χ0v) is 9.92. The Kier molecular flexibility index (Phi) is 7.15. The second-order valence-corrected chi connectivity index (χ2v) is 4.35. The molecule has 0 saturated carbocycles. The normalized spacial score (nSPS) is 15.9. The van der Waals surface area contributed by atoms with Gasteiger partial charge in [-0.2, -0.15) is 0 Å². The predicted octanol–water partition coefficient (Wildman–Crippen LogP) is 1.21. The van der Waals surface area contributed by atoms with Crippen molar-refractivity contribution in [1.82, 2.24) is 4.90 Å². The molecule has 3 N–H and O–H groups in total. The van der Waals surface area contributed by atoms with Crippen LogP contribution in [0, 0.1) is 0 Å². The van der Waals surface area contributed by atoms with Gasteiger partial charge in [-0.05, 0) is 45.8 Å². The molecule has 0 saturated heterocycles. The first kappa shape index (κ1) is 13.9. The third kappa shape index (κ3) is 6.35. The fourth-order valence-corrected chi connectivity index (χ4v) is 1.53. The highest BCUT2D eigenvalue weighted by Gasteiger charge is 2.16. The van der Waals surface area contributed by atoms with Gasteiger partial charge in [0.05, 0.1) is 6.61 Å². The molecule has 0 radical (unpaired) electrons. The van der Waals surface area contributed by atoms with Gasteiger partial charge in [0.2, 0.25) is 0 Å². The molecule has 0 aliphatic heterocycles. The van der Waals surface area contributed by atoms with Gasteiger partial charge in [0.25, 0.3) is 0 Å². The third-order valence-electron chi connectivity index (χ3n) is 2.57. The molecule has 0 bridgehead atoms. The van der Waals surface area contributed by atoms with Crippen molar-refractivity contribution in [3.05, 3.63) is 0 Å². The summed E-state index contributed by atoms with van der Waals surface area (Å²) in [4.78, 5) is 2.42. The molecule has 0 spiro atoms. The molecule has 0 aromatic rings. The number of hydrogen-bond acceptors (Lipinski definition) is 3. The van der Waals surface area contributed by atoms with Gasteiger partial charge in [-0.3, -0.25) is 0 Å². The van der Waals surface area contributed by atoms with Crippen molar-refractivity contribution in [2.45, 2.75) is 45.6 Å². The van der Waals surface area contributed by atoms with E-state index < -0.39 is 5.54 Å². The second kappa shape index (κ2) is 7.21. The molecule has 86 valence electrons. The number of aliphatic hydroxyl groups excluding tert-OH is 1. The van der Waals surface area contributed by atoms with Gasteiger partial charge < -0.3 is 15.7 Å². The lowest BCUT2D eigenvalue weighted by molar-refractivity contribution is 0.189. The molecule has 0 aliphatic carbocycles. The van der Waals surface area contributed by atoms with Crippen LogP contribution in [0.15, 0.2) is 0 Å². The molecule has 1 unspecified atom stereocenters. The topological polar surface area (TPSA) is 49.5 Å². The van der Waals surface area contributed by atoms with Crippen LogP contribution in [-0.4, -0.2) is 41.8 Å². The van der Waals surface area contributed by atoms with Crippen LogP contribution in [0.3, 0.4) is 0 Å². The van der Waals surface area contributed by atoms with Gasteiger partial charge in [-0.1, -0.05) is 13.8 Å². The molecule has 3 heteroatoms. The first-order chi connectivity index (χ1) is 6.55. The monoisotopic (exact) mass is 202 g/mol. The van der Waals surface area contributed by atoms with E-state index in [1.54, 1.807) is 0 Å². The minimum absolute atomic E-state index is 0.0763. The van der Waals surface area contributed by atoms with Crippen molar-refractivity contribution in [2.75, 3.05) is 26.2 Å². The van der Waals surface area contributed by atoms with Crippen LogP contribution in [0.2, 0.25) is 0 Å². The Bertz CT molecular complexity index is 137. The standard InChI is InChI=1S/C11H26N2O/c1-4-8-13(5-2)9-6-7-11(3,12)10-14/h14H,4-10,12H2,1-3H3. The van der Waals surface area contributed by atoms with Gasteiger partial charge >= 0.3 is 0 Å². The van der Waals surface area contributed by atoms with Crippen LogP contribution in [0.1, 0.15) is 40.0 Å². The first-order valence-electron chi connectivity index (χ1n) is 5.67. The summed E-state index contributed by atoms with van der Waals surface area (Å²) in [6.45, 7) is 9.73. The summed E-state index contributed by atoms with van der Waals surface area (Å²) < 4.78 is 0. The summed E-state index contributed by atoms with van der Waals surface area (Å²) in [5, 5.41) is 8.98. The van der Waals surface area contributed by atoms with Crippen molar-refractivity contribution in [3.63, 3.8) is 0 Å². The third-order valence-corrected chi connectivity index (χ3v) is 2.57. The summed E-state index contributed by atoms with van der Waals surface area (Å²) in [5.41, 5.74) is 5.45. The minimum Gasteiger partial charge on any atom is -0.394 e. The van der Waals surface area contributed by atoms with Crippen molar-refractivity contribution >= 4 is 0 Å². The van der Waals surface area contributed by atoms with Crippen LogP contribution in [0.4, 0.5) is 0 Å². The van der Waals surface area contributed by atoms with E-state index in [1.165, 1.54) is 6.42 Å². The van der Waals surface area contributed by atoms with Gasteiger partial charge in [0.15, 0.2) is 0 Å². The summed E-state index contributed by atoms with van der Waals surface area (Å²) in [6.07, 6.45) is 3.17. The molecule has 0 aromatic heterocycles. The number of nitrogens with two attached hydrogens (primary N) is 1. The molecular weight excluding hydrogens is 176 g/mol. The Morgan fingerprint density at radius 3 is 2.36 bits per heavy atom. The van der Waals surface area contributed by atoms with E-state index in [9.17, 15) is 0 Å². The maximum absolute atomic E-state index is 8.98. The van der Waals surface area contributed by atoms with Gasteiger partial charge in [-0.15, -0.1) is 0 Å². The summed E-state index contributed by atoms with van der Waals surface area (Å²) in [5.74, 6) is 0. The molecular formula is C11H26N2O. The van der Waals surface area contributed by atoms with Crippen LogP contribution in [0.5, 0.6) is 0 Å². The Hall–Kier alpha value is -0.120. The minimum atomic E-state index is -0.397. The lowest BCUT2D eigenvalue weighted by atomic mass is 9.98. The van der Waals surface area contributed by atoms with E-state index in [1.807, 2.05) is 6.92 Å².